The number of aliphatic hydroxyl groups excluding tert-OH is 1. The van der Waals surface area contributed by atoms with Crippen LogP contribution in [0.1, 0.15) is 18.4 Å². The molecule has 18 heavy (non-hydrogen) atoms. The third-order valence-electron chi connectivity index (χ3n) is 2.44. The number of methoxy groups -OCH3 is 1. The van der Waals surface area contributed by atoms with Crippen molar-refractivity contribution in [3.8, 4) is 0 Å². The zero-order chi connectivity index (χ0) is 13.8. The van der Waals surface area contributed by atoms with E-state index in [0.29, 0.717) is 6.61 Å². The number of sulfonamides is 1. The largest absolute Gasteiger partial charge is 0.462 e. The number of nitrogens with one attached hydrogen (secondary N) is 1. The van der Waals surface area contributed by atoms with Crippen molar-refractivity contribution in [1.29, 1.82) is 0 Å². The molecule has 1 aromatic heterocycles. The molecule has 0 aromatic carbocycles. The fourth-order valence-electron chi connectivity index (χ4n) is 1.54. The zero-order valence-corrected chi connectivity index (χ0v) is 11.6. The van der Waals surface area contributed by atoms with Crippen LogP contribution < -0.4 is 4.72 Å². The number of aryl methyl sites for hydroxylation is 1. The Morgan fingerprint density at radius 2 is 2.22 bits per heavy atom. The van der Waals surface area contributed by atoms with Crippen LogP contribution in [0.25, 0.3) is 0 Å². The summed E-state index contributed by atoms with van der Waals surface area (Å²) in [6.07, 6.45) is 0. The van der Waals surface area contributed by atoms with Crippen LogP contribution in [-0.4, -0.2) is 33.8 Å². The number of hydrogen-bond donors (Lipinski definition) is 2. The quantitative estimate of drug-likeness (QED) is 0.763. The minimum Gasteiger partial charge on any atom is -0.462 e. The molecule has 0 radical (unpaired) electrons. The Bertz CT molecular complexity index is 480. The van der Waals surface area contributed by atoms with E-state index in [0.717, 1.165) is 0 Å². The second kappa shape index (κ2) is 6.33. The fourth-order valence-corrected chi connectivity index (χ4v) is 2.91. The number of hydrogen-bond acceptors (Lipinski definition) is 5. The number of ether oxygens (including phenoxy) is 1. The molecule has 0 saturated carbocycles. The number of aliphatic hydroxyl groups is 1. The predicted molar refractivity (Wildman–Crippen MR) is 65.6 cm³/mol. The summed E-state index contributed by atoms with van der Waals surface area (Å²) in [6, 6.07) is 1.33. The van der Waals surface area contributed by atoms with Crippen LogP contribution in [0.4, 0.5) is 0 Å². The van der Waals surface area contributed by atoms with Crippen LogP contribution in [0.2, 0.25) is 0 Å². The van der Waals surface area contributed by atoms with Gasteiger partial charge in [0, 0.05) is 26.3 Å². The van der Waals surface area contributed by atoms with Crippen molar-refractivity contribution in [1.82, 2.24) is 4.72 Å². The third kappa shape index (κ3) is 3.81. The highest BCUT2D eigenvalue weighted by Crippen LogP contribution is 2.19. The van der Waals surface area contributed by atoms with Gasteiger partial charge in [0.1, 0.15) is 23.0 Å². The molecule has 0 aliphatic carbocycles. The molecule has 0 amide bonds. The second-order valence-electron chi connectivity index (χ2n) is 4.20. The van der Waals surface area contributed by atoms with Crippen molar-refractivity contribution >= 4 is 10.0 Å². The SMILES string of the molecule is COCC(C)CNS(=O)(=O)c1cc(CO)oc1C. The van der Waals surface area contributed by atoms with E-state index >= 15 is 0 Å². The van der Waals surface area contributed by atoms with Crippen molar-refractivity contribution in [2.24, 2.45) is 5.92 Å². The molecule has 0 aliphatic rings. The summed E-state index contributed by atoms with van der Waals surface area (Å²) < 4.78 is 36.5. The van der Waals surface area contributed by atoms with Crippen molar-refractivity contribution in [2.75, 3.05) is 20.3 Å². The Hall–Kier alpha value is -0.890. The minimum absolute atomic E-state index is 0.0659. The van der Waals surface area contributed by atoms with Crippen LogP contribution in [0.5, 0.6) is 0 Å². The van der Waals surface area contributed by atoms with Crippen molar-refractivity contribution in [2.45, 2.75) is 25.3 Å². The van der Waals surface area contributed by atoms with E-state index in [1.54, 1.807) is 14.0 Å². The summed E-state index contributed by atoms with van der Waals surface area (Å²) in [6.45, 7) is 3.88. The Morgan fingerprint density at radius 3 is 2.72 bits per heavy atom. The summed E-state index contributed by atoms with van der Waals surface area (Å²) in [4.78, 5) is 0.0659. The molecule has 1 aromatic rings. The lowest BCUT2D eigenvalue weighted by Crippen LogP contribution is -2.30. The molecule has 0 spiro atoms. The molecule has 0 aliphatic heterocycles. The molecule has 6 nitrogen and oxygen atoms in total. The highest BCUT2D eigenvalue weighted by atomic mass is 32.2. The first-order valence-corrected chi connectivity index (χ1v) is 7.07. The smallest absolute Gasteiger partial charge is 0.244 e. The number of furan rings is 1. The molecule has 1 unspecified atom stereocenters. The Morgan fingerprint density at radius 1 is 1.56 bits per heavy atom. The van der Waals surface area contributed by atoms with Crippen LogP contribution in [0, 0.1) is 12.8 Å². The third-order valence-corrected chi connectivity index (χ3v) is 3.97. The highest BCUT2D eigenvalue weighted by molar-refractivity contribution is 7.89. The van der Waals surface area contributed by atoms with Gasteiger partial charge in [0.25, 0.3) is 0 Å². The van der Waals surface area contributed by atoms with Gasteiger partial charge >= 0.3 is 0 Å². The summed E-state index contributed by atoms with van der Waals surface area (Å²) in [5.74, 6) is 0.582. The highest BCUT2D eigenvalue weighted by Gasteiger charge is 2.21. The predicted octanol–water partition coefficient (Wildman–Crippen LogP) is 0.641. The molecule has 2 N–H and O–H groups in total. The first-order chi connectivity index (χ1) is 8.40. The first-order valence-electron chi connectivity index (χ1n) is 5.59. The van der Waals surface area contributed by atoms with Gasteiger partial charge in [-0.25, -0.2) is 13.1 Å². The molecule has 0 saturated heterocycles. The second-order valence-corrected chi connectivity index (χ2v) is 5.94. The average Bonchev–Trinajstić information content (AvgIpc) is 2.69. The first kappa shape index (κ1) is 15.2. The van der Waals surface area contributed by atoms with Crippen molar-refractivity contribution in [3.63, 3.8) is 0 Å². The van der Waals surface area contributed by atoms with E-state index in [1.807, 2.05) is 6.92 Å². The van der Waals surface area contributed by atoms with Crippen LogP contribution >= 0.6 is 0 Å². The van der Waals surface area contributed by atoms with Gasteiger partial charge in [0.05, 0.1) is 0 Å². The van der Waals surface area contributed by atoms with E-state index < -0.39 is 10.0 Å². The summed E-state index contributed by atoms with van der Waals surface area (Å²) in [5.41, 5.74) is 0. The average molecular weight is 277 g/mol. The van der Waals surface area contributed by atoms with Crippen LogP contribution in [-0.2, 0) is 21.4 Å². The molecular weight excluding hydrogens is 258 g/mol. The fraction of sp³-hybridized carbons (Fsp3) is 0.636. The number of rotatable bonds is 7. The molecule has 7 heteroatoms. The Labute approximate surface area is 107 Å². The van der Waals surface area contributed by atoms with Gasteiger partial charge in [-0.1, -0.05) is 6.92 Å². The summed E-state index contributed by atoms with van der Waals surface area (Å²) in [7, 11) is -2.04. The lowest BCUT2D eigenvalue weighted by atomic mass is 10.2. The maximum absolute atomic E-state index is 12.0. The molecule has 1 heterocycles. The van der Waals surface area contributed by atoms with E-state index in [4.69, 9.17) is 14.3 Å². The maximum atomic E-state index is 12.0. The van der Waals surface area contributed by atoms with Gasteiger partial charge in [-0.2, -0.15) is 0 Å². The molecule has 0 fully saturated rings. The standard InChI is InChI=1S/C11H19NO5S/c1-8(7-16-3)5-12-18(14,15)11-4-10(6-13)17-9(11)2/h4,8,12-13H,5-7H2,1-3H3. The van der Waals surface area contributed by atoms with E-state index in [-0.39, 0.29) is 35.5 Å². The van der Waals surface area contributed by atoms with E-state index in [1.165, 1.54) is 6.07 Å². The van der Waals surface area contributed by atoms with Gasteiger partial charge < -0.3 is 14.3 Å². The van der Waals surface area contributed by atoms with Crippen molar-refractivity contribution < 1.29 is 22.7 Å². The van der Waals surface area contributed by atoms with E-state index in [2.05, 4.69) is 4.72 Å². The molecule has 1 atom stereocenters. The van der Waals surface area contributed by atoms with E-state index in [9.17, 15) is 8.42 Å². The molecule has 104 valence electrons. The zero-order valence-electron chi connectivity index (χ0n) is 10.8. The molecular formula is C11H19NO5S. The Kier molecular flexibility index (Phi) is 5.33. The minimum atomic E-state index is -3.60. The van der Waals surface area contributed by atoms with Gasteiger partial charge in [-0.05, 0) is 12.8 Å². The maximum Gasteiger partial charge on any atom is 0.244 e. The van der Waals surface area contributed by atoms with Gasteiger partial charge in [0.15, 0.2) is 0 Å². The van der Waals surface area contributed by atoms with Crippen molar-refractivity contribution in [3.05, 3.63) is 17.6 Å². The molecule has 0 bridgehead atoms. The van der Waals surface area contributed by atoms with Gasteiger partial charge in [-0.15, -0.1) is 0 Å². The molecule has 1 rings (SSSR count). The van der Waals surface area contributed by atoms with Crippen LogP contribution in [0.3, 0.4) is 0 Å². The lowest BCUT2D eigenvalue weighted by molar-refractivity contribution is 0.161. The monoisotopic (exact) mass is 277 g/mol. The normalized spacial score (nSPS) is 13.8. The Balaban J connectivity index is 2.76. The lowest BCUT2D eigenvalue weighted by Gasteiger charge is -2.11. The van der Waals surface area contributed by atoms with Gasteiger partial charge in [0.2, 0.25) is 10.0 Å². The van der Waals surface area contributed by atoms with Crippen LogP contribution in [0.15, 0.2) is 15.4 Å². The van der Waals surface area contributed by atoms with Gasteiger partial charge in [-0.3, -0.25) is 0 Å². The summed E-state index contributed by atoms with van der Waals surface area (Å²) >= 11 is 0. The topological polar surface area (TPSA) is 88.8 Å². The summed E-state index contributed by atoms with van der Waals surface area (Å²) in [5, 5.41) is 8.90.